The summed E-state index contributed by atoms with van der Waals surface area (Å²) in [5, 5.41) is 9.19. The van der Waals surface area contributed by atoms with Crippen molar-refractivity contribution in [1.82, 2.24) is 4.90 Å². The van der Waals surface area contributed by atoms with Crippen LogP contribution in [-0.4, -0.2) is 41.1 Å². The van der Waals surface area contributed by atoms with E-state index in [4.69, 9.17) is 21.4 Å². The molecule has 5 nitrogen and oxygen atoms in total. The Bertz CT molecular complexity index is 552. The van der Waals surface area contributed by atoms with Crippen molar-refractivity contribution in [3.8, 4) is 5.75 Å². The molecule has 0 unspecified atom stereocenters. The lowest BCUT2D eigenvalue weighted by Crippen LogP contribution is -2.49. The number of piperidine rings is 1. The molecular weight excluding hydrogens is 301 g/mol. The number of hydrogen-bond donors (Lipinski definition) is 1. The Morgan fingerprint density at radius 2 is 2.19 bits per heavy atom. The number of carboxylic acids is 1. The quantitative estimate of drug-likeness (QED) is 0.926. The molecule has 1 aliphatic heterocycles. The summed E-state index contributed by atoms with van der Waals surface area (Å²) < 4.78 is 18.1. The van der Waals surface area contributed by atoms with Gasteiger partial charge in [-0.25, -0.2) is 9.18 Å². The number of nitrogens with zero attached hydrogens (tertiary/aromatic N) is 1. The first-order chi connectivity index (χ1) is 9.99. The molecule has 1 aromatic rings. The number of benzene rings is 1. The summed E-state index contributed by atoms with van der Waals surface area (Å²) in [5.41, 5.74) is 0. The standard InChI is InChI=1S/C14H15ClFNO4/c15-10-7-9(16)4-5-12(10)21-8-13(18)17-6-2-1-3-11(17)14(19)20/h4-5,7,11H,1-3,6,8H2,(H,19,20)/t11-/m1/s1. The third-order valence-corrected chi connectivity index (χ3v) is 3.65. The number of hydrogen-bond acceptors (Lipinski definition) is 3. The van der Waals surface area contributed by atoms with Gasteiger partial charge in [0.1, 0.15) is 17.6 Å². The molecule has 0 aromatic heterocycles. The van der Waals surface area contributed by atoms with E-state index >= 15 is 0 Å². The highest BCUT2D eigenvalue weighted by Crippen LogP contribution is 2.25. The van der Waals surface area contributed by atoms with E-state index in [1.165, 1.54) is 17.0 Å². The molecule has 1 heterocycles. The lowest BCUT2D eigenvalue weighted by molar-refractivity contribution is -0.152. The monoisotopic (exact) mass is 315 g/mol. The number of carbonyl (C=O) groups excluding carboxylic acids is 1. The van der Waals surface area contributed by atoms with E-state index in [2.05, 4.69) is 0 Å². The molecule has 0 bridgehead atoms. The van der Waals surface area contributed by atoms with Gasteiger partial charge in [-0.1, -0.05) is 11.6 Å². The molecule has 1 saturated heterocycles. The summed E-state index contributed by atoms with van der Waals surface area (Å²) in [6.45, 7) is 0.0748. The van der Waals surface area contributed by atoms with E-state index < -0.39 is 23.7 Å². The van der Waals surface area contributed by atoms with Crippen LogP contribution in [0, 0.1) is 5.82 Å². The first-order valence-corrected chi connectivity index (χ1v) is 6.97. The zero-order chi connectivity index (χ0) is 15.4. The number of amides is 1. The molecule has 1 fully saturated rings. The van der Waals surface area contributed by atoms with Crippen molar-refractivity contribution in [2.24, 2.45) is 0 Å². The molecule has 21 heavy (non-hydrogen) atoms. The maximum Gasteiger partial charge on any atom is 0.326 e. The largest absolute Gasteiger partial charge is 0.482 e. The van der Waals surface area contributed by atoms with E-state index in [1.807, 2.05) is 0 Å². The predicted octanol–water partition coefficient (Wildman–Crippen LogP) is 2.32. The van der Waals surface area contributed by atoms with Crippen molar-refractivity contribution in [3.05, 3.63) is 29.0 Å². The third-order valence-electron chi connectivity index (χ3n) is 3.35. The minimum absolute atomic E-state index is 0.0660. The Hall–Kier alpha value is -1.82. The van der Waals surface area contributed by atoms with Gasteiger partial charge in [-0.2, -0.15) is 0 Å². The number of halogens is 2. The average molecular weight is 316 g/mol. The Labute approximate surface area is 126 Å². The fraction of sp³-hybridized carbons (Fsp3) is 0.429. The van der Waals surface area contributed by atoms with E-state index in [9.17, 15) is 14.0 Å². The van der Waals surface area contributed by atoms with Crippen LogP contribution >= 0.6 is 11.6 Å². The van der Waals surface area contributed by atoms with Gasteiger partial charge in [-0.3, -0.25) is 4.79 Å². The number of carboxylic acid groups (broad SMARTS) is 1. The molecule has 1 amide bonds. The number of rotatable bonds is 4. The van der Waals surface area contributed by atoms with Crippen LogP contribution in [0.25, 0.3) is 0 Å². The van der Waals surface area contributed by atoms with Crippen LogP contribution in [0.15, 0.2) is 18.2 Å². The van der Waals surface area contributed by atoms with Gasteiger partial charge in [0.25, 0.3) is 5.91 Å². The molecule has 0 radical (unpaired) electrons. The average Bonchev–Trinajstić information content (AvgIpc) is 2.46. The number of likely N-dealkylation sites (tertiary alicyclic amines) is 1. The van der Waals surface area contributed by atoms with Crippen LogP contribution in [0.2, 0.25) is 5.02 Å². The van der Waals surface area contributed by atoms with E-state index in [0.717, 1.165) is 18.9 Å². The van der Waals surface area contributed by atoms with Gasteiger partial charge < -0.3 is 14.7 Å². The molecule has 2 rings (SSSR count). The second-order valence-electron chi connectivity index (χ2n) is 4.80. The molecule has 1 aromatic carbocycles. The van der Waals surface area contributed by atoms with Gasteiger partial charge in [-0.05, 0) is 37.5 Å². The van der Waals surface area contributed by atoms with Gasteiger partial charge in [0.2, 0.25) is 0 Å². The summed E-state index contributed by atoms with van der Waals surface area (Å²) in [4.78, 5) is 24.5. The van der Waals surface area contributed by atoms with Crippen molar-refractivity contribution in [3.63, 3.8) is 0 Å². The molecular formula is C14H15ClFNO4. The predicted molar refractivity (Wildman–Crippen MR) is 73.9 cm³/mol. The van der Waals surface area contributed by atoms with Crippen molar-refractivity contribution >= 4 is 23.5 Å². The normalized spacial score (nSPS) is 18.4. The van der Waals surface area contributed by atoms with Gasteiger partial charge >= 0.3 is 5.97 Å². The molecule has 7 heteroatoms. The third kappa shape index (κ3) is 3.85. The highest BCUT2D eigenvalue weighted by molar-refractivity contribution is 6.32. The molecule has 1 atom stereocenters. The Kier molecular flexibility index (Phi) is 5.01. The summed E-state index contributed by atoms with van der Waals surface area (Å²) >= 11 is 5.79. The Morgan fingerprint density at radius 3 is 2.86 bits per heavy atom. The SMILES string of the molecule is O=C(O)[C@H]1CCCCN1C(=O)COc1ccc(F)cc1Cl. The van der Waals surface area contributed by atoms with Gasteiger partial charge in [0, 0.05) is 6.54 Å². The zero-order valence-electron chi connectivity index (χ0n) is 11.2. The van der Waals surface area contributed by atoms with E-state index in [0.29, 0.717) is 13.0 Å². The fourth-order valence-electron chi connectivity index (χ4n) is 2.30. The first kappa shape index (κ1) is 15.6. The molecule has 0 spiro atoms. The summed E-state index contributed by atoms with van der Waals surface area (Å²) in [7, 11) is 0. The van der Waals surface area contributed by atoms with Crippen molar-refractivity contribution < 1.29 is 23.8 Å². The van der Waals surface area contributed by atoms with Crippen molar-refractivity contribution in [2.45, 2.75) is 25.3 Å². The number of aliphatic carboxylic acids is 1. The Morgan fingerprint density at radius 1 is 1.43 bits per heavy atom. The maximum absolute atomic E-state index is 12.9. The fourth-order valence-corrected chi connectivity index (χ4v) is 2.52. The van der Waals surface area contributed by atoms with Crippen molar-refractivity contribution in [1.29, 1.82) is 0 Å². The molecule has 114 valence electrons. The number of carbonyl (C=O) groups is 2. The van der Waals surface area contributed by atoms with Gasteiger partial charge in [-0.15, -0.1) is 0 Å². The first-order valence-electron chi connectivity index (χ1n) is 6.59. The van der Waals surface area contributed by atoms with Crippen LogP contribution in [0.5, 0.6) is 5.75 Å². The van der Waals surface area contributed by atoms with E-state index in [-0.39, 0.29) is 17.4 Å². The summed E-state index contributed by atoms with van der Waals surface area (Å²) in [6, 6.07) is 2.78. The molecule has 1 aliphatic rings. The Balaban J connectivity index is 1.98. The summed E-state index contributed by atoms with van der Waals surface area (Å²) in [5.74, 6) is -1.73. The van der Waals surface area contributed by atoms with E-state index in [1.54, 1.807) is 0 Å². The second kappa shape index (κ2) is 6.76. The topological polar surface area (TPSA) is 66.8 Å². The lowest BCUT2D eigenvalue weighted by Gasteiger charge is -2.32. The second-order valence-corrected chi connectivity index (χ2v) is 5.21. The maximum atomic E-state index is 12.9. The number of ether oxygens (including phenoxy) is 1. The minimum atomic E-state index is -1.01. The minimum Gasteiger partial charge on any atom is -0.482 e. The molecule has 0 saturated carbocycles. The smallest absolute Gasteiger partial charge is 0.326 e. The van der Waals surface area contributed by atoms with Crippen LogP contribution in [0.4, 0.5) is 4.39 Å². The van der Waals surface area contributed by atoms with Crippen LogP contribution in [0.3, 0.4) is 0 Å². The van der Waals surface area contributed by atoms with Crippen LogP contribution in [-0.2, 0) is 9.59 Å². The van der Waals surface area contributed by atoms with Gasteiger partial charge in [0.05, 0.1) is 5.02 Å². The highest BCUT2D eigenvalue weighted by Gasteiger charge is 2.32. The lowest BCUT2D eigenvalue weighted by atomic mass is 10.0. The highest BCUT2D eigenvalue weighted by atomic mass is 35.5. The van der Waals surface area contributed by atoms with Crippen LogP contribution in [0.1, 0.15) is 19.3 Å². The molecule has 1 N–H and O–H groups in total. The van der Waals surface area contributed by atoms with Crippen LogP contribution < -0.4 is 4.74 Å². The molecule has 0 aliphatic carbocycles. The zero-order valence-corrected chi connectivity index (χ0v) is 12.0. The van der Waals surface area contributed by atoms with Gasteiger partial charge in [0.15, 0.2) is 6.61 Å². The summed E-state index contributed by atoms with van der Waals surface area (Å²) in [6.07, 6.45) is 2.00. The van der Waals surface area contributed by atoms with Crippen molar-refractivity contribution in [2.75, 3.05) is 13.2 Å².